The summed E-state index contributed by atoms with van der Waals surface area (Å²) in [5, 5.41) is 19.7. The van der Waals surface area contributed by atoms with Gasteiger partial charge in [-0.05, 0) is 50.5 Å². The zero-order valence-corrected chi connectivity index (χ0v) is 23.8. The molecule has 2 aromatic rings. The van der Waals surface area contributed by atoms with Crippen molar-refractivity contribution in [1.29, 1.82) is 0 Å². The van der Waals surface area contributed by atoms with Gasteiger partial charge in [0.2, 0.25) is 29.5 Å². The lowest BCUT2D eigenvalue weighted by molar-refractivity contribution is -0.139. The lowest BCUT2D eigenvalue weighted by Gasteiger charge is -2.28. The highest BCUT2D eigenvalue weighted by molar-refractivity contribution is 5.94. The Bertz CT molecular complexity index is 1190. The smallest absolute Gasteiger partial charge is 0.243 e. The molecule has 12 nitrogen and oxygen atoms in total. The monoisotopic (exact) mass is 568 g/mol. The average Bonchev–Trinajstić information content (AvgIpc) is 2.94. The number of rotatable bonds is 14. The summed E-state index contributed by atoms with van der Waals surface area (Å²) in [5.41, 5.74) is 7.51. The van der Waals surface area contributed by atoms with Crippen LogP contribution in [0, 0.1) is 0 Å². The van der Waals surface area contributed by atoms with Gasteiger partial charge in [0.25, 0.3) is 0 Å². The van der Waals surface area contributed by atoms with Crippen LogP contribution >= 0.6 is 0 Å². The van der Waals surface area contributed by atoms with Crippen LogP contribution < -0.4 is 27.0 Å². The highest BCUT2D eigenvalue weighted by atomic mass is 16.3. The zero-order chi connectivity index (χ0) is 30.5. The molecule has 0 saturated heterocycles. The zero-order valence-electron chi connectivity index (χ0n) is 23.8. The van der Waals surface area contributed by atoms with E-state index in [1.165, 1.54) is 31.0 Å². The number of benzene rings is 2. The molecule has 0 saturated carbocycles. The molecule has 0 heterocycles. The quantitative estimate of drug-likeness (QED) is 0.179. The first kappa shape index (κ1) is 32.8. The number of aromatic hydroxyl groups is 1. The van der Waals surface area contributed by atoms with E-state index in [-0.39, 0.29) is 37.1 Å². The van der Waals surface area contributed by atoms with Gasteiger partial charge in [0.05, 0.1) is 19.1 Å². The fourth-order valence-electron chi connectivity index (χ4n) is 3.88. The minimum absolute atomic E-state index is 0.0884. The fourth-order valence-corrected chi connectivity index (χ4v) is 3.88. The number of hydrogen-bond acceptors (Lipinski definition) is 7. The molecule has 7 N–H and O–H groups in total. The van der Waals surface area contributed by atoms with Gasteiger partial charge in [-0.1, -0.05) is 42.5 Å². The van der Waals surface area contributed by atoms with Gasteiger partial charge in [0.15, 0.2) is 0 Å². The average molecular weight is 569 g/mol. The highest BCUT2D eigenvalue weighted by Crippen LogP contribution is 2.11. The van der Waals surface area contributed by atoms with E-state index in [1.807, 2.05) is 30.3 Å². The number of nitrogens with one attached hydrogen (secondary N) is 4. The van der Waals surface area contributed by atoms with Gasteiger partial charge in [-0.25, -0.2) is 0 Å². The molecule has 0 aliphatic rings. The Kier molecular flexibility index (Phi) is 12.8. The van der Waals surface area contributed by atoms with Gasteiger partial charge in [-0.3, -0.25) is 24.0 Å². The number of amides is 5. The summed E-state index contributed by atoms with van der Waals surface area (Å²) < 4.78 is 0. The maximum atomic E-state index is 13.0. The summed E-state index contributed by atoms with van der Waals surface area (Å²) in [6.45, 7) is 4.41. The van der Waals surface area contributed by atoms with Crippen molar-refractivity contribution >= 4 is 29.5 Å². The Morgan fingerprint density at radius 1 is 0.780 bits per heavy atom. The van der Waals surface area contributed by atoms with E-state index >= 15 is 0 Å². The van der Waals surface area contributed by atoms with Crippen LogP contribution in [-0.4, -0.2) is 83.8 Å². The second-order valence-corrected chi connectivity index (χ2v) is 10.1. The third-order valence-corrected chi connectivity index (χ3v) is 6.20. The van der Waals surface area contributed by atoms with Crippen molar-refractivity contribution in [2.24, 2.45) is 5.73 Å². The Hall–Kier alpha value is -4.45. The standard InChI is InChI=1S/C29H40N6O6/c1-18(2)33-25(37)16-31-29(41)24(15-20-8-6-5-7-9-20)35(4)26(38)17-32-27(39)19(3)34-28(40)23(30)14-21-10-12-22(36)13-11-21/h5-13,18-19,23-24,36H,14-17,30H2,1-4H3,(H,31,41)(H,32,39)(H,33,37)(H,34,40)/t19-,23+,24+/m1/s1. The molecule has 0 aliphatic heterocycles. The van der Waals surface area contributed by atoms with Gasteiger partial charge in [0.1, 0.15) is 17.8 Å². The Morgan fingerprint density at radius 3 is 1.98 bits per heavy atom. The van der Waals surface area contributed by atoms with Crippen molar-refractivity contribution in [3.63, 3.8) is 0 Å². The summed E-state index contributed by atoms with van der Waals surface area (Å²) in [5.74, 6) is -2.47. The molecule has 5 amide bonds. The van der Waals surface area contributed by atoms with Crippen LogP contribution in [0.15, 0.2) is 54.6 Å². The number of hydrogen-bond donors (Lipinski definition) is 6. The normalized spacial score (nSPS) is 12.9. The van der Waals surface area contributed by atoms with Crippen LogP contribution in [0.25, 0.3) is 0 Å². The summed E-state index contributed by atoms with van der Waals surface area (Å²) in [6.07, 6.45) is 0.397. The Labute approximate surface area is 240 Å². The predicted octanol–water partition coefficient (Wildman–Crippen LogP) is -0.407. The van der Waals surface area contributed by atoms with Crippen LogP contribution in [-0.2, 0) is 36.8 Å². The molecule has 12 heteroatoms. The van der Waals surface area contributed by atoms with Crippen LogP contribution in [0.3, 0.4) is 0 Å². The molecule has 0 radical (unpaired) electrons. The summed E-state index contributed by atoms with van der Waals surface area (Å²) >= 11 is 0. The molecule has 222 valence electrons. The first-order valence-electron chi connectivity index (χ1n) is 13.4. The molecule has 0 aliphatic carbocycles. The van der Waals surface area contributed by atoms with Gasteiger partial charge < -0.3 is 37.0 Å². The van der Waals surface area contributed by atoms with Gasteiger partial charge in [-0.15, -0.1) is 0 Å². The number of likely N-dealkylation sites (N-methyl/N-ethyl adjacent to an activating group) is 1. The van der Waals surface area contributed by atoms with Crippen LogP contribution in [0.4, 0.5) is 0 Å². The van der Waals surface area contributed by atoms with E-state index in [0.29, 0.717) is 0 Å². The van der Waals surface area contributed by atoms with E-state index in [4.69, 9.17) is 5.73 Å². The van der Waals surface area contributed by atoms with Crippen LogP contribution in [0.5, 0.6) is 5.75 Å². The third kappa shape index (κ3) is 11.3. The molecule has 2 aromatic carbocycles. The Morgan fingerprint density at radius 2 is 1.37 bits per heavy atom. The number of nitrogens with zero attached hydrogens (tertiary/aromatic N) is 1. The summed E-state index contributed by atoms with van der Waals surface area (Å²) in [4.78, 5) is 64.3. The fraction of sp³-hybridized carbons (Fsp3) is 0.414. The van der Waals surface area contributed by atoms with Gasteiger partial charge >= 0.3 is 0 Å². The van der Waals surface area contributed by atoms with Crippen molar-refractivity contribution in [1.82, 2.24) is 26.2 Å². The van der Waals surface area contributed by atoms with E-state index in [2.05, 4.69) is 21.3 Å². The van der Waals surface area contributed by atoms with Crippen LogP contribution in [0.1, 0.15) is 31.9 Å². The molecule has 0 bridgehead atoms. The number of carbonyl (C=O) groups excluding carboxylic acids is 5. The van der Waals surface area contributed by atoms with Gasteiger partial charge in [-0.2, -0.15) is 0 Å². The maximum absolute atomic E-state index is 13.0. The van der Waals surface area contributed by atoms with E-state index < -0.39 is 48.3 Å². The predicted molar refractivity (Wildman–Crippen MR) is 153 cm³/mol. The van der Waals surface area contributed by atoms with E-state index in [9.17, 15) is 29.1 Å². The molecule has 0 spiro atoms. The molecule has 0 fully saturated rings. The number of phenolic OH excluding ortho intramolecular Hbond substituents is 1. The molecule has 41 heavy (non-hydrogen) atoms. The largest absolute Gasteiger partial charge is 0.508 e. The van der Waals surface area contributed by atoms with Crippen molar-refractivity contribution in [2.75, 3.05) is 20.1 Å². The van der Waals surface area contributed by atoms with E-state index in [0.717, 1.165) is 11.1 Å². The number of nitrogens with two attached hydrogens (primary N) is 1. The SMILES string of the molecule is CC(C)NC(=O)CNC(=O)[C@H](Cc1ccccc1)N(C)C(=O)CNC(=O)[C@@H](C)NC(=O)[C@@H](N)Cc1ccc(O)cc1. The molecule has 3 atom stereocenters. The van der Waals surface area contributed by atoms with Gasteiger partial charge in [0, 0.05) is 19.5 Å². The molecule has 0 aromatic heterocycles. The topological polar surface area (TPSA) is 183 Å². The third-order valence-electron chi connectivity index (χ3n) is 6.20. The second kappa shape index (κ2) is 16.0. The maximum Gasteiger partial charge on any atom is 0.243 e. The first-order valence-corrected chi connectivity index (χ1v) is 13.4. The molecule has 0 unspecified atom stereocenters. The number of phenols is 1. The van der Waals surface area contributed by atoms with Crippen molar-refractivity contribution < 1.29 is 29.1 Å². The minimum Gasteiger partial charge on any atom is -0.508 e. The summed E-state index contributed by atoms with van der Waals surface area (Å²) in [7, 11) is 1.45. The first-order chi connectivity index (χ1) is 19.4. The van der Waals surface area contributed by atoms with Crippen LogP contribution in [0.2, 0.25) is 0 Å². The number of carbonyl (C=O) groups is 5. The summed E-state index contributed by atoms with van der Waals surface area (Å²) in [6, 6.07) is 12.4. The van der Waals surface area contributed by atoms with Crippen molar-refractivity contribution in [3.8, 4) is 5.75 Å². The molecular formula is C29H40N6O6. The lowest BCUT2D eigenvalue weighted by Crippen LogP contribution is -2.54. The second-order valence-electron chi connectivity index (χ2n) is 10.1. The van der Waals surface area contributed by atoms with E-state index in [1.54, 1.807) is 26.0 Å². The molecule has 2 rings (SSSR count). The highest BCUT2D eigenvalue weighted by Gasteiger charge is 2.28. The molecular weight excluding hydrogens is 528 g/mol. The Balaban J connectivity index is 1.94. The van der Waals surface area contributed by atoms with Crippen molar-refractivity contribution in [3.05, 3.63) is 65.7 Å². The lowest BCUT2D eigenvalue weighted by atomic mass is 10.0. The minimum atomic E-state index is -0.977. The van der Waals surface area contributed by atoms with Crippen molar-refractivity contribution in [2.45, 2.75) is 57.8 Å².